The van der Waals surface area contributed by atoms with Gasteiger partial charge in [-0.1, -0.05) is 0 Å². The normalized spacial score (nSPS) is 12.5. The lowest BCUT2D eigenvalue weighted by atomic mass is 9.97. The van der Waals surface area contributed by atoms with Crippen LogP contribution >= 0.6 is 11.6 Å². The zero-order valence-electron chi connectivity index (χ0n) is 10.5. The highest BCUT2D eigenvalue weighted by Crippen LogP contribution is 2.33. The molecule has 1 unspecified atom stereocenters. The summed E-state index contributed by atoms with van der Waals surface area (Å²) in [5.41, 5.74) is 3.29. The lowest BCUT2D eigenvalue weighted by Crippen LogP contribution is -2.03. The highest BCUT2D eigenvalue weighted by Gasteiger charge is 2.19. The number of rotatable bonds is 3. The molecule has 0 bridgehead atoms. The number of aliphatic hydroxyl groups excluding tert-OH is 1. The third kappa shape index (κ3) is 2.24. The molecule has 3 nitrogen and oxygen atoms in total. The molecule has 1 N–H and O–H groups in total. The Morgan fingerprint density at radius 1 is 1.22 bits per heavy atom. The molecule has 1 aromatic carbocycles. The largest absolute Gasteiger partial charge is 0.496 e. The minimum atomic E-state index is -0.791. The van der Waals surface area contributed by atoms with Gasteiger partial charge in [0.15, 0.2) is 5.22 Å². The van der Waals surface area contributed by atoms with Gasteiger partial charge in [-0.25, -0.2) is 0 Å². The smallest absolute Gasteiger partial charge is 0.199 e. The first-order valence-electron chi connectivity index (χ1n) is 5.60. The van der Waals surface area contributed by atoms with E-state index in [2.05, 4.69) is 0 Å². The lowest BCUT2D eigenvalue weighted by molar-refractivity contribution is 0.218. The highest BCUT2D eigenvalue weighted by atomic mass is 35.5. The monoisotopic (exact) mass is 266 g/mol. The van der Waals surface area contributed by atoms with Gasteiger partial charge in [-0.15, -0.1) is 0 Å². The standard InChI is InChI=1S/C14H15ClO3/c1-8-7-12(17-3)9(2)6-11(8)13(16)10-4-5-18-14(10)15/h4-7,13,16H,1-3H3. The van der Waals surface area contributed by atoms with Crippen LogP contribution in [0.4, 0.5) is 0 Å². The summed E-state index contributed by atoms with van der Waals surface area (Å²) in [6.07, 6.45) is 0.674. The molecule has 96 valence electrons. The number of halogens is 1. The molecule has 1 aromatic heterocycles. The van der Waals surface area contributed by atoms with E-state index in [0.717, 1.165) is 22.4 Å². The van der Waals surface area contributed by atoms with Crippen LogP contribution < -0.4 is 4.74 Å². The maximum atomic E-state index is 10.3. The molecule has 0 radical (unpaired) electrons. The van der Waals surface area contributed by atoms with Crippen LogP contribution in [0.5, 0.6) is 5.75 Å². The quantitative estimate of drug-likeness (QED) is 0.922. The van der Waals surface area contributed by atoms with E-state index in [1.54, 1.807) is 13.2 Å². The van der Waals surface area contributed by atoms with Crippen LogP contribution in [-0.2, 0) is 0 Å². The highest BCUT2D eigenvalue weighted by molar-refractivity contribution is 6.29. The summed E-state index contributed by atoms with van der Waals surface area (Å²) in [7, 11) is 1.63. The van der Waals surface area contributed by atoms with E-state index >= 15 is 0 Å². The number of furan rings is 1. The Labute approximate surface area is 111 Å². The zero-order chi connectivity index (χ0) is 13.3. The van der Waals surface area contributed by atoms with Crippen molar-refractivity contribution in [1.82, 2.24) is 0 Å². The van der Waals surface area contributed by atoms with Crippen LogP contribution in [0.1, 0.15) is 28.4 Å². The second kappa shape index (κ2) is 5.04. The number of ether oxygens (including phenoxy) is 1. The molecule has 0 saturated heterocycles. The van der Waals surface area contributed by atoms with Gasteiger partial charge in [0.1, 0.15) is 11.9 Å². The fourth-order valence-electron chi connectivity index (χ4n) is 1.99. The van der Waals surface area contributed by atoms with Crippen LogP contribution in [0.25, 0.3) is 0 Å². The second-order valence-electron chi connectivity index (χ2n) is 4.23. The molecule has 0 aliphatic heterocycles. The van der Waals surface area contributed by atoms with Crippen molar-refractivity contribution in [1.29, 1.82) is 0 Å². The average Bonchev–Trinajstić information content (AvgIpc) is 2.77. The summed E-state index contributed by atoms with van der Waals surface area (Å²) in [5.74, 6) is 0.807. The minimum Gasteiger partial charge on any atom is -0.496 e. The van der Waals surface area contributed by atoms with Crippen molar-refractivity contribution in [3.8, 4) is 5.75 Å². The van der Waals surface area contributed by atoms with E-state index in [9.17, 15) is 5.11 Å². The Hall–Kier alpha value is -1.45. The lowest BCUT2D eigenvalue weighted by Gasteiger charge is -2.15. The summed E-state index contributed by atoms with van der Waals surface area (Å²) in [6, 6.07) is 5.48. The van der Waals surface area contributed by atoms with Crippen molar-refractivity contribution in [3.63, 3.8) is 0 Å². The fraction of sp³-hybridized carbons (Fsp3) is 0.286. The Balaban J connectivity index is 2.46. The SMILES string of the molecule is COc1cc(C)c(C(O)c2ccoc2Cl)cc1C. The van der Waals surface area contributed by atoms with Gasteiger partial charge in [-0.05, 0) is 60.3 Å². The average molecular weight is 267 g/mol. The van der Waals surface area contributed by atoms with E-state index in [4.69, 9.17) is 20.8 Å². The van der Waals surface area contributed by atoms with Crippen LogP contribution in [0, 0.1) is 13.8 Å². The van der Waals surface area contributed by atoms with Gasteiger partial charge < -0.3 is 14.3 Å². The van der Waals surface area contributed by atoms with Crippen LogP contribution in [-0.4, -0.2) is 12.2 Å². The van der Waals surface area contributed by atoms with Gasteiger partial charge in [0, 0.05) is 5.56 Å². The third-order valence-corrected chi connectivity index (χ3v) is 3.33. The fourth-order valence-corrected chi connectivity index (χ4v) is 2.21. The first kappa shape index (κ1) is 13.0. The number of aryl methyl sites for hydroxylation is 2. The topological polar surface area (TPSA) is 42.6 Å². The number of benzene rings is 1. The van der Waals surface area contributed by atoms with E-state index in [1.807, 2.05) is 26.0 Å². The number of hydrogen-bond donors (Lipinski definition) is 1. The van der Waals surface area contributed by atoms with Gasteiger partial charge in [0.25, 0.3) is 0 Å². The zero-order valence-corrected chi connectivity index (χ0v) is 11.3. The maximum absolute atomic E-state index is 10.3. The Morgan fingerprint density at radius 2 is 1.94 bits per heavy atom. The summed E-state index contributed by atoms with van der Waals surface area (Å²) >= 11 is 5.88. The second-order valence-corrected chi connectivity index (χ2v) is 4.57. The molecule has 0 aliphatic carbocycles. The molecule has 2 rings (SSSR count). The summed E-state index contributed by atoms with van der Waals surface area (Å²) in [6.45, 7) is 3.86. The first-order valence-corrected chi connectivity index (χ1v) is 5.98. The first-order chi connectivity index (χ1) is 8.54. The molecule has 2 aromatic rings. The molecule has 4 heteroatoms. The molecule has 18 heavy (non-hydrogen) atoms. The molecule has 1 heterocycles. The van der Waals surface area contributed by atoms with Crippen molar-refractivity contribution < 1.29 is 14.3 Å². The van der Waals surface area contributed by atoms with Crippen LogP contribution in [0.3, 0.4) is 0 Å². The predicted molar refractivity (Wildman–Crippen MR) is 70.2 cm³/mol. The van der Waals surface area contributed by atoms with E-state index in [1.165, 1.54) is 6.26 Å². The van der Waals surface area contributed by atoms with Gasteiger partial charge >= 0.3 is 0 Å². The molecule has 0 saturated carbocycles. The van der Waals surface area contributed by atoms with E-state index < -0.39 is 6.10 Å². The van der Waals surface area contributed by atoms with Crippen molar-refractivity contribution in [2.45, 2.75) is 20.0 Å². The van der Waals surface area contributed by atoms with Gasteiger partial charge in [0.2, 0.25) is 0 Å². The van der Waals surface area contributed by atoms with Gasteiger partial charge in [-0.2, -0.15) is 0 Å². The molecule has 0 fully saturated rings. The minimum absolute atomic E-state index is 0.218. The number of hydrogen-bond acceptors (Lipinski definition) is 3. The third-order valence-electron chi connectivity index (χ3n) is 3.02. The Kier molecular flexibility index (Phi) is 3.64. The molecule has 0 aliphatic rings. The molecular formula is C14H15ClO3. The van der Waals surface area contributed by atoms with Crippen molar-refractivity contribution in [3.05, 3.63) is 51.9 Å². The summed E-state index contributed by atoms with van der Waals surface area (Å²) < 4.78 is 10.3. The van der Waals surface area contributed by atoms with E-state index in [-0.39, 0.29) is 5.22 Å². The number of aliphatic hydroxyl groups is 1. The predicted octanol–water partition coefficient (Wildman–Crippen LogP) is 3.64. The molecular weight excluding hydrogens is 252 g/mol. The molecule has 1 atom stereocenters. The van der Waals surface area contributed by atoms with Crippen LogP contribution in [0.2, 0.25) is 5.22 Å². The Bertz CT molecular complexity index is 560. The Morgan fingerprint density at radius 3 is 2.50 bits per heavy atom. The van der Waals surface area contributed by atoms with E-state index in [0.29, 0.717) is 5.56 Å². The molecule has 0 amide bonds. The van der Waals surface area contributed by atoms with Crippen molar-refractivity contribution >= 4 is 11.6 Å². The summed E-state index contributed by atoms with van der Waals surface area (Å²) in [4.78, 5) is 0. The van der Waals surface area contributed by atoms with Gasteiger partial charge in [0.05, 0.1) is 13.4 Å². The summed E-state index contributed by atoms with van der Waals surface area (Å²) in [5, 5.41) is 10.6. The van der Waals surface area contributed by atoms with Crippen molar-refractivity contribution in [2.75, 3.05) is 7.11 Å². The van der Waals surface area contributed by atoms with Crippen LogP contribution in [0.15, 0.2) is 28.9 Å². The number of methoxy groups -OCH3 is 1. The maximum Gasteiger partial charge on any atom is 0.199 e. The van der Waals surface area contributed by atoms with Crippen molar-refractivity contribution in [2.24, 2.45) is 0 Å². The van der Waals surface area contributed by atoms with Gasteiger partial charge in [-0.3, -0.25) is 0 Å². The molecule has 0 spiro atoms.